The molecule has 0 bridgehead atoms. The van der Waals surface area contributed by atoms with Gasteiger partial charge in [-0.15, -0.1) is 0 Å². The summed E-state index contributed by atoms with van der Waals surface area (Å²) in [5, 5.41) is 6.19. The summed E-state index contributed by atoms with van der Waals surface area (Å²) in [6.45, 7) is 5.29. The van der Waals surface area contributed by atoms with Gasteiger partial charge in [-0.2, -0.15) is 0 Å². The minimum atomic E-state index is -0.0550. The fraction of sp³-hybridized carbons (Fsp3) is 0.364. The highest BCUT2D eigenvalue weighted by atomic mass is 16.1. The fourth-order valence-electron chi connectivity index (χ4n) is 2.89. The molecule has 1 amide bonds. The molecule has 0 aliphatic rings. The van der Waals surface area contributed by atoms with Crippen LogP contribution in [0.3, 0.4) is 0 Å². The molecule has 2 N–H and O–H groups in total. The van der Waals surface area contributed by atoms with E-state index in [2.05, 4.69) is 51.7 Å². The van der Waals surface area contributed by atoms with Crippen molar-refractivity contribution in [2.45, 2.75) is 33.2 Å². The minimum Gasteiger partial charge on any atom is -0.356 e. The molecule has 5 nitrogen and oxygen atoms in total. The van der Waals surface area contributed by atoms with Gasteiger partial charge in [0, 0.05) is 39.8 Å². The average molecular weight is 367 g/mol. The Labute approximate surface area is 162 Å². The number of hydrogen-bond donors (Lipinski definition) is 2. The lowest BCUT2D eigenvalue weighted by atomic mass is 10.1. The molecule has 144 valence electrons. The standard InChI is InChI=1S/C22H30N4O/c1-5-18-6-8-20(9-7-18)16-26(4)22(23-3)24-15-14-19-10-12-21(13-11-19)25-17(2)27/h6-13H,5,14-16H2,1-4H3,(H,23,24)(H,25,27). The van der Waals surface area contributed by atoms with Crippen LogP contribution >= 0.6 is 0 Å². The zero-order valence-corrected chi connectivity index (χ0v) is 16.7. The second kappa shape index (κ2) is 10.4. The van der Waals surface area contributed by atoms with Gasteiger partial charge in [-0.1, -0.05) is 43.3 Å². The first-order valence-corrected chi connectivity index (χ1v) is 9.38. The van der Waals surface area contributed by atoms with Gasteiger partial charge in [0.2, 0.25) is 5.91 Å². The van der Waals surface area contributed by atoms with Crippen LogP contribution in [0.2, 0.25) is 0 Å². The molecule has 0 atom stereocenters. The van der Waals surface area contributed by atoms with Crippen LogP contribution in [0.1, 0.15) is 30.5 Å². The molecule has 27 heavy (non-hydrogen) atoms. The van der Waals surface area contributed by atoms with Crippen molar-refractivity contribution in [3.63, 3.8) is 0 Å². The summed E-state index contributed by atoms with van der Waals surface area (Å²) in [7, 11) is 3.85. The Morgan fingerprint density at radius 1 is 1.00 bits per heavy atom. The molecule has 5 heteroatoms. The number of benzene rings is 2. The summed E-state index contributed by atoms with van der Waals surface area (Å²) in [6.07, 6.45) is 1.95. The van der Waals surface area contributed by atoms with Gasteiger partial charge in [-0.05, 0) is 41.7 Å². The first-order valence-electron chi connectivity index (χ1n) is 9.38. The number of rotatable bonds is 7. The smallest absolute Gasteiger partial charge is 0.221 e. The lowest BCUT2D eigenvalue weighted by molar-refractivity contribution is -0.114. The van der Waals surface area contributed by atoms with Gasteiger partial charge in [0.05, 0.1) is 0 Å². The zero-order chi connectivity index (χ0) is 19.6. The summed E-state index contributed by atoms with van der Waals surface area (Å²) in [5.41, 5.74) is 4.66. The number of anilines is 1. The monoisotopic (exact) mass is 366 g/mol. The average Bonchev–Trinajstić information content (AvgIpc) is 2.66. The molecule has 2 aromatic rings. The first-order chi connectivity index (χ1) is 13.0. The van der Waals surface area contributed by atoms with Crippen LogP contribution in [-0.4, -0.2) is 37.4 Å². The van der Waals surface area contributed by atoms with Gasteiger partial charge in [0.25, 0.3) is 0 Å². The third-order valence-electron chi connectivity index (χ3n) is 4.40. The molecule has 2 rings (SSSR count). The number of hydrogen-bond acceptors (Lipinski definition) is 2. The second-order valence-electron chi connectivity index (χ2n) is 6.63. The van der Waals surface area contributed by atoms with Crippen molar-refractivity contribution < 1.29 is 4.79 Å². The third-order valence-corrected chi connectivity index (χ3v) is 4.40. The summed E-state index contributed by atoms with van der Waals surface area (Å²) in [6, 6.07) is 16.7. The largest absolute Gasteiger partial charge is 0.356 e. The summed E-state index contributed by atoms with van der Waals surface area (Å²) in [4.78, 5) is 17.6. The Morgan fingerprint density at radius 3 is 2.15 bits per heavy atom. The van der Waals surface area contributed by atoms with E-state index < -0.39 is 0 Å². The number of nitrogens with one attached hydrogen (secondary N) is 2. The highest BCUT2D eigenvalue weighted by Gasteiger charge is 2.06. The van der Waals surface area contributed by atoms with E-state index in [0.717, 1.165) is 37.6 Å². The van der Waals surface area contributed by atoms with Crippen molar-refractivity contribution in [1.29, 1.82) is 0 Å². The Hall–Kier alpha value is -2.82. The fourth-order valence-corrected chi connectivity index (χ4v) is 2.89. The van der Waals surface area contributed by atoms with E-state index in [4.69, 9.17) is 0 Å². The van der Waals surface area contributed by atoms with Crippen molar-refractivity contribution in [2.75, 3.05) is 26.0 Å². The highest BCUT2D eigenvalue weighted by molar-refractivity contribution is 5.88. The molecule has 2 aromatic carbocycles. The Morgan fingerprint density at radius 2 is 1.59 bits per heavy atom. The first kappa shape index (κ1) is 20.5. The molecule has 0 aliphatic carbocycles. The Balaban J connectivity index is 1.82. The molecule has 0 unspecified atom stereocenters. The van der Waals surface area contributed by atoms with Gasteiger partial charge < -0.3 is 15.5 Å². The second-order valence-corrected chi connectivity index (χ2v) is 6.63. The topological polar surface area (TPSA) is 56.7 Å². The number of nitrogens with zero attached hydrogens (tertiary/aromatic N) is 2. The quantitative estimate of drug-likeness (QED) is 0.583. The lowest BCUT2D eigenvalue weighted by Crippen LogP contribution is -2.39. The normalized spacial score (nSPS) is 11.2. The summed E-state index contributed by atoms with van der Waals surface area (Å²) in [5.74, 6) is 0.824. The Bertz CT molecular complexity index is 751. The minimum absolute atomic E-state index is 0.0550. The maximum absolute atomic E-state index is 11.1. The maximum Gasteiger partial charge on any atom is 0.221 e. The van der Waals surface area contributed by atoms with Gasteiger partial charge >= 0.3 is 0 Å². The van der Waals surface area contributed by atoms with Crippen molar-refractivity contribution in [1.82, 2.24) is 10.2 Å². The van der Waals surface area contributed by atoms with E-state index in [9.17, 15) is 4.79 Å². The van der Waals surface area contributed by atoms with Crippen molar-refractivity contribution in [3.8, 4) is 0 Å². The molecule has 0 fully saturated rings. The SMILES string of the molecule is CCc1ccc(CN(C)C(=NC)NCCc2ccc(NC(C)=O)cc2)cc1. The van der Waals surface area contributed by atoms with E-state index in [0.29, 0.717) is 0 Å². The number of carbonyl (C=O) groups excluding carboxylic acids is 1. The van der Waals surface area contributed by atoms with E-state index in [1.165, 1.54) is 23.6 Å². The van der Waals surface area contributed by atoms with Crippen LogP contribution in [0.15, 0.2) is 53.5 Å². The molecule has 0 radical (unpaired) electrons. The number of carbonyl (C=O) groups is 1. The number of aliphatic imine (C=N–C) groups is 1. The van der Waals surface area contributed by atoms with Gasteiger partial charge in [-0.3, -0.25) is 9.79 Å². The molecular formula is C22H30N4O. The lowest BCUT2D eigenvalue weighted by Gasteiger charge is -2.22. The predicted octanol–water partition coefficient (Wildman–Crippen LogP) is 3.46. The summed E-state index contributed by atoms with van der Waals surface area (Å²) < 4.78 is 0. The van der Waals surface area contributed by atoms with Crippen LogP contribution in [-0.2, 0) is 24.2 Å². The maximum atomic E-state index is 11.1. The molecular weight excluding hydrogens is 336 g/mol. The van der Waals surface area contributed by atoms with Crippen LogP contribution in [0.25, 0.3) is 0 Å². The molecule has 0 saturated heterocycles. The van der Waals surface area contributed by atoms with Crippen molar-refractivity contribution in [2.24, 2.45) is 4.99 Å². The molecule has 0 heterocycles. The van der Waals surface area contributed by atoms with Crippen LogP contribution in [0.4, 0.5) is 5.69 Å². The third kappa shape index (κ3) is 6.77. The number of amides is 1. The van der Waals surface area contributed by atoms with E-state index in [-0.39, 0.29) is 5.91 Å². The number of guanidine groups is 1. The summed E-state index contributed by atoms with van der Waals surface area (Å²) >= 11 is 0. The molecule has 0 aromatic heterocycles. The highest BCUT2D eigenvalue weighted by Crippen LogP contribution is 2.10. The van der Waals surface area contributed by atoms with E-state index in [1.807, 2.05) is 31.3 Å². The Kier molecular flexibility index (Phi) is 7.86. The van der Waals surface area contributed by atoms with E-state index in [1.54, 1.807) is 7.05 Å². The van der Waals surface area contributed by atoms with Gasteiger partial charge in [-0.25, -0.2) is 0 Å². The van der Waals surface area contributed by atoms with Crippen LogP contribution in [0, 0.1) is 0 Å². The number of aryl methyl sites for hydroxylation is 1. The zero-order valence-electron chi connectivity index (χ0n) is 16.7. The predicted molar refractivity (Wildman–Crippen MR) is 113 cm³/mol. The van der Waals surface area contributed by atoms with Crippen molar-refractivity contribution in [3.05, 3.63) is 65.2 Å². The van der Waals surface area contributed by atoms with Crippen LogP contribution < -0.4 is 10.6 Å². The van der Waals surface area contributed by atoms with Crippen LogP contribution in [0.5, 0.6) is 0 Å². The molecule has 0 spiro atoms. The van der Waals surface area contributed by atoms with Crippen molar-refractivity contribution >= 4 is 17.6 Å². The molecule has 0 saturated carbocycles. The van der Waals surface area contributed by atoms with Gasteiger partial charge in [0.1, 0.15) is 0 Å². The van der Waals surface area contributed by atoms with E-state index >= 15 is 0 Å². The molecule has 0 aliphatic heterocycles. The van der Waals surface area contributed by atoms with Gasteiger partial charge in [0.15, 0.2) is 5.96 Å².